The standard InChI is InChI=1S/C23H23N3O/c1-27-20-14-8-9-17(15-20)16-24-23-25-21(18-10-4-2-5-11-18)22(26-23)19-12-6-3-7-13-19/h2-15,21-22H,16H2,1H3,(H2,24,25,26)/t21-,22+. The number of nitrogens with one attached hydrogen (secondary N) is 2. The van der Waals surface area contributed by atoms with Crippen LogP contribution in [0, 0.1) is 0 Å². The van der Waals surface area contributed by atoms with Gasteiger partial charge in [0.1, 0.15) is 11.8 Å². The van der Waals surface area contributed by atoms with E-state index < -0.39 is 0 Å². The van der Waals surface area contributed by atoms with Crippen LogP contribution in [0.15, 0.2) is 89.9 Å². The van der Waals surface area contributed by atoms with E-state index in [0.29, 0.717) is 6.54 Å². The fourth-order valence-corrected chi connectivity index (χ4v) is 3.39. The van der Waals surface area contributed by atoms with Crippen LogP contribution in [0.1, 0.15) is 28.8 Å². The maximum Gasteiger partial charge on any atom is 0.192 e. The highest BCUT2D eigenvalue weighted by atomic mass is 16.5. The zero-order valence-electron chi connectivity index (χ0n) is 15.3. The Labute approximate surface area is 159 Å². The van der Waals surface area contributed by atoms with Crippen LogP contribution in [0.3, 0.4) is 0 Å². The van der Waals surface area contributed by atoms with E-state index in [2.05, 4.69) is 65.2 Å². The van der Waals surface area contributed by atoms with Crippen LogP contribution >= 0.6 is 0 Å². The van der Waals surface area contributed by atoms with E-state index in [1.165, 1.54) is 11.1 Å². The molecule has 27 heavy (non-hydrogen) atoms. The van der Waals surface area contributed by atoms with E-state index in [-0.39, 0.29) is 12.1 Å². The molecule has 1 aliphatic rings. The molecule has 0 saturated heterocycles. The van der Waals surface area contributed by atoms with Gasteiger partial charge in [-0.1, -0.05) is 72.8 Å². The molecule has 2 N–H and O–H groups in total. The first kappa shape index (κ1) is 17.2. The lowest BCUT2D eigenvalue weighted by molar-refractivity contribution is 0.414. The lowest BCUT2D eigenvalue weighted by atomic mass is 9.95. The molecule has 0 fully saturated rings. The average Bonchev–Trinajstić information content (AvgIpc) is 3.18. The lowest BCUT2D eigenvalue weighted by Gasteiger charge is -2.19. The molecular formula is C23H23N3O. The Kier molecular flexibility index (Phi) is 5.06. The smallest absolute Gasteiger partial charge is 0.192 e. The average molecular weight is 357 g/mol. The molecule has 0 saturated carbocycles. The number of ether oxygens (including phenoxy) is 1. The number of aliphatic imine (C=N–C) groups is 1. The molecule has 0 aromatic heterocycles. The molecule has 3 aromatic rings. The fourth-order valence-electron chi connectivity index (χ4n) is 3.39. The van der Waals surface area contributed by atoms with Gasteiger partial charge >= 0.3 is 0 Å². The van der Waals surface area contributed by atoms with Gasteiger partial charge in [-0.3, -0.25) is 0 Å². The predicted octanol–water partition coefficient (Wildman–Crippen LogP) is 4.23. The summed E-state index contributed by atoms with van der Waals surface area (Å²) in [6.45, 7) is 0.687. The van der Waals surface area contributed by atoms with Crippen molar-refractivity contribution >= 4 is 5.96 Å². The van der Waals surface area contributed by atoms with Crippen LogP contribution < -0.4 is 15.4 Å². The third-order valence-corrected chi connectivity index (χ3v) is 4.77. The predicted molar refractivity (Wildman–Crippen MR) is 109 cm³/mol. The van der Waals surface area contributed by atoms with Crippen LogP contribution in [0.2, 0.25) is 0 Å². The molecule has 3 aromatic carbocycles. The summed E-state index contributed by atoms with van der Waals surface area (Å²) in [5, 5.41) is 6.99. The summed E-state index contributed by atoms with van der Waals surface area (Å²) in [7, 11) is 1.68. The van der Waals surface area contributed by atoms with E-state index in [1.807, 2.05) is 30.3 Å². The third kappa shape index (κ3) is 3.95. The molecule has 136 valence electrons. The number of benzene rings is 3. The zero-order chi connectivity index (χ0) is 18.5. The van der Waals surface area contributed by atoms with Crippen molar-refractivity contribution in [2.45, 2.75) is 18.6 Å². The van der Waals surface area contributed by atoms with Gasteiger partial charge in [-0.05, 0) is 28.8 Å². The Morgan fingerprint density at radius 1 is 0.889 bits per heavy atom. The normalized spacial score (nSPS) is 18.5. The van der Waals surface area contributed by atoms with Crippen molar-refractivity contribution in [1.29, 1.82) is 0 Å². The minimum absolute atomic E-state index is 0.0430. The summed E-state index contributed by atoms with van der Waals surface area (Å²) in [6, 6.07) is 29.1. The Bertz CT molecular complexity index is 909. The van der Waals surface area contributed by atoms with Crippen molar-refractivity contribution in [3.63, 3.8) is 0 Å². The molecule has 2 atom stereocenters. The largest absolute Gasteiger partial charge is 0.497 e. The molecular weight excluding hydrogens is 334 g/mol. The van der Waals surface area contributed by atoms with Crippen LogP contribution in [0.5, 0.6) is 5.75 Å². The summed E-state index contributed by atoms with van der Waals surface area (Å²) in [5.41, 5.74) is 3.59. The van der Waals surface area contributed by atoms with Crippen molar-refractivity contribution in [3.8, 4) is 5.75 Å². The number of rotatable bonds is 5. The highest BCUT2D eigenvalue weighted by Gasteiger charge is 2.31. The number of hydrogen-bond acceptors (Lipinski definition) is 4. The van der Waals surface area contributed by atoms with Gasteiger partial charge in [0.25, 0.3) is 0 Å². The second-order valence-corrected chi connectivity index (χ2v) is 6.57. The lowest BCUT2D eigenvalue weighted by Crippen LogP contribution is -2.35. The maximum absolute atomic E-state index is 5.30. The van der Waals surface area contributed by atoms with Gasteiger partial charge in [0, 0.05) is 6.54 Å². The molecule has 0 bridgehead atoms. The van der Waals surface area contributed by atoms with Gasteiger partial charge in [-0.2, -0.15) is 0 Å². The summed E-state index contributed by atoms with van der Waals surface area (Å²) >= 11 is 0. The summed E-state index contributed by atoms with van der Waals surface area (Å²) in [5.74, 6) is 1.68. The number of hydrogen-bond donors (Lipinski definition) is 2. The second kappa shape index (κ2) is 7.96. The van der Waals surface area contributed by atoms with Crippen LogP contribution in [0.4, 0.5) is 0 Å². The van der Waals surface area contributed by atoms with E-state index in [0.717, 1.165) is 17.3 Å². The van der Waals surface area contributed by atoms with Gasteiger partial charge in [-0.15, -0.1) is 0 Å². The summed E-state index contributed by atoms with van der Waals surface area (Å²) in [6.07, 6.45) is 0. The Morgan fingerprint density at radius 2 is 1.59 bits per heavy atom. The van der Waals surface area contributed by atoms with E-state index in [1.54, 1.807) is 7.11 Å². The molecule has 0 unspecified atom stereocenters. The Hall–Kier alpha value is -3.27. The van der Waals surface area contributed by atoms with Crippen LogP contribution in [-0.4, -0.2) is 13.1 Å². The monoisotopic (exact) mass is 357 g/mol. The maximum atomic E-state index is 5.30. The van der Waals surface area contributed by atoms with Crippen molar-refractivity contribution < 1.29 is 4.74 Å². The summed E-state index contributed by atoms with van der Waals surface area (Å²) in [4.78, 5) is 4.94. The van der Waals surface area contributed by atoms with E-state index >= 15 is 0 Å². The zero-order valence-corrected chi connectivity index (χ0v) is 15.3. The number of guanidine groups is 1. The molecule has 0 radical (unpaired) electrons. The molecule has 0 spiro atoms. The topological polar surface area (TPSA) is 45.6 Å². The first-order valence-corrected chi connectivity index (χ1v) is 9.14. The van der Waals surface area contributed by atoms with Crippen LogP contribution in [-0.2, 0) is 6.54 Å². The van der Waals surface area contributed by atoms with Crippen molar-refractivity contribution in [2.24, 2.45) is 4.99 Å². The minimum Gasteiger partial charge on any atom is -0.497 e. The van der Waals surface area contributed by atoms with Gasteiger partial charge in [0.2, 0.25) is 0 Å². The summed E-state index contributed by atoms with van der Waals surface area (Å²) < 4.78 is 5.30. The molecule has 4 heteroatoms. The molecule has 4 nitrogen and oxygen atoms in total. The van der Waals surface area contributed by atoms with Crippen LogP contribution in [0.25, 0.3) is 0 Å². The molecule has 0 amide bonds. The van der Waals surface area contributed by atoms with Crippen molar-refractivity contribution in [1.82, 2.24) is 10.6 Å². The number of methoxy groups -OCH3 is 1. The first-order chi connectivity index (χ1) is 13.3. The van der Waals surface area contributed by atoms with Crippen molar-refractivity contribution in [3.05, 3.63) is 102 Å². The van der Waals surface area contributed by atoms with Gasteiger partial charge in [-0.25, -0.2) is 4.99 Å². The quantitative estimate of drug-likeness (QED) is 0.718. The molecule has 4 rings (SSSR count). The third-order valence-electron chi connectivity index (χ3n) is 4.77. The molecule has 1 heterocycles. The van der Waals surface area contributed by atoms with E-state index in [4.69, 9.17) is 9.73 Å². The fraction of sp³-hybridized carbons (Fsp3) is 0.174. The van der Waals surface area contributed by atoms with E-state index in [9.17, 15) is 0 Å². The van der Waals surface area contributed by atoms with Crippen molar-refractivity contribution in [2.75, 3.05) is 7.11 Å². The first-order valence-electron chi connectivity index (χ1n) is 9.14. The molecule has 1 aliphatic heterocycles. The number of nitrogens with zero attached hydrogens (tertiary/aromatic N) is 1. The Morgan fingerprint density at radius 3 is 2.30 bits per heavy atom. The van der Waals surface area contributed by atoms with Gasteiger partial charge in [0.15, 0.2) is 5.96 Å². The second-order valence-electron chi connectivity index (χ2n) is 6.57. The molecule has 0 aliphatic carbocycles. The van der Waals surface area contributed by atoms with Gasteiger partial charge in [0.05, 0.1) is 13.2 Å². The Balaban J connectivity index is 1.54. The highest BCUT2D eigenvalue weighted by Crippen LogP contribution is 2.35. The SMILES string of the molecule is COc1cccc(CNC2=N[C@@H](c3ccccc3)[C@@H](c3ccccc3)N2)c1. The minimum atomic E-state index is 0.0430. The highest BCUT2D eigenvalue weighted by molar-refractivity contribution is 5.82. The van der Waals surface area contributed by atoms with Gasteiger partial charge < -0.3 is 15.4 Å².